The number of nitro groups is 1. The van der Waals surface area contributed by atoms with E-state index in [2.05, 4.69) is 20.3 Å². The molecule has 10 heteroatoms. The van der Waals surface area contributed by atoms with Crippen LogP contribution in [0.2, 0.25) is 0 Å². The van der Waals surface area contributed by atoms with Crippen molar-refractivity contribution in [3.8, 4) is 0 Å². The molecular formula is C24H24N6O4. The second-order valence-corrected chi connectivity index (χ2v) is 7.94. The average molecular weight is 460 g/mol. The number of aromatic nitrogens is 3. The molecule has 174 valence electrons. The van der Waals surface area contributed by atoms with Crippen LogP contribution >= 0.6 is 0 Å². The molecule has 0 unspecified atom stereocenters. The lowest BCUT2D eigenvalue weighted by Gasteiger charge is -2.22. The number of allylic oxidation sites excluding steroid dienone is 4. The minimum atomic E-state index is -0.441. The number of fused-ring (bicyclic) bond motifs is 1. The van der Waals surface area contributed by atoms with Crippen LogP contribution in [0.3, 0.4) is 0 Å². The lowest BCUT2D eigenvalue weighted by molar-refractivity contribution is -0.384. The summed E-state index contributed by atoms with van der Waals surface area (Å²) in [5.74, 6) is 0.160. The number of imidazole rings is 1. The van der Waals surface area contributed by atoms with E-state index in [-0.39, 0.29) is 24.0 Å². The Labute approximate surface area is 195 Å². The molecule has 0 saturated heterocycles. The lowest BCUT2D eigenvalue weighted by atomic mass is 10.0. The number of hydrogen-bond donors (Lipinski definition) is 2. The normalized spacial score (nSPS) is 13.2. The Morgan fingerprint density at radius 1 is 1.24 bits per heavy atom. The van der Waals surface area contributed by atoms with Crippen molar-refractivity contribution < 1.29 is 14.5 Å². The van der Waals surface area contributed by atoms with E-state index in [1.54, 1.807) is 24.4 Å². The number of hydrogen-bond acceptors (Lipinski definition) is 6. The van der Waals surface area contributed by atoms with Crippen molar-refractivity contribution in [2.45, 2.75) is 26.2 Å². The monoisotopic (exact) mass is 460 g/mol. The Balaban J connectivity index is 1.42. The molecule has 2 amide bonds. The van der Waals surface area contributed by atoms with Crippen LogP contribution in [0, 0.1) is 10.1 Å². The zero-order valence-electron chi connectivity index (χ0n) is 18.7. The van der Waals surface area contributed by atoms with Crippen molar-refractivity contribution in [1.29, 1.82) is 0 Å². The fraction of sp³-hybridized carbons (Fsp3) is 0.250. The van der Waals surface area contributed by atoms with E-state index < -0.39 is 4.92 Å². The number of amides is 2. The maximum atomic E-state index is 12.7. The molecule has 0 fully saturated rings. The molecule has 0 spiro atoms. The second-order valence-electron chi connectivity index (χ2n) is 7.94. The summed E-state index contributed by atoms with van der Waals surface area (Å²) in [6.45, 7) is 2.37. The van der Waals surface area contributed by atoms with Crippen LogP contribution in [0.25, 0.3) is 16.6 Å². The standard InChI is InChI=1S/C24H24N6O4/c1-2-12-29(24(32)17-4-3-11-25-14-17)15-22(31)26-18-7-5-16(6-8-18)23-27-20-10-9-19(30(33)34)13-21(20)28-23/h3-5,7,9-11,13-14H,2,6,8,12,15H2,1H3,(H,26,31)(H,27,28). The number of H-pyrrole nitrogens is 1. The summed E-state index contributed by atoms with van der Waals surface area (Å²) >= 11 is 0. The third-order valence-electron chi connectivity index (χ3n) is 5.45. The first-order valence-electron chi connectivity index (χ1n) is 11.0. The van der Waals surface area contributed by atoms with Crippen LogP contribution < -0.4 is 5.32 Å². The molecule has 0 atom stereocenters. The van der Waals surface area contributed by atoms with Gasteiger partial charge in [0.1, 0.15) is 12.4 Å². The summed E-state index contributed by atoms with van der Waals surface area (Å²) in [7, 11) is 0. The highest BCUT2D eigenvalue weighted by molar-refractivity contribution is 5.96. The lowest BCUT2D eigenvalue weighted by Crippen LogP contribution is -2.41. The number of rotatable bonds is 8. The molecular weight excluding hydrogens is 436 g/mol. The molecule has 2 heterocycles. The number of pyridine rings is 1. The Bertz CT molecular complexity index is 1300. The summed E-state index contributed by atoms with van der Waals surface area (Å²) < 4.78 is 0. The molecule has 1 aromatic carbocycles. The number of carbonyl (C=O) groups excluding carboxylic acids is 2. The van der Waals surface area contributed by atoms with Gasteiger partial charge in [0.15, 0.2) is 0 Å². The molecule has 2 aromatic heterocycles. The number of nitro benzene ring substituents is 1. The number of benzene rings is 1. The van der Waals surface area contributed by atoms with E-state index in [0.717, 1.165) is 17.7 Å². The summed E-state index contributed by atoms with van der Waals surface area (Å²) in [5, 5.41) is 13.9. The average Bonchev–Trinajstić information content (AvgIpc) is 3.28. The number of carbonyl (C=O) groups is 2. The quantitative estimate of drug-likeness (QED) is 0.390. The molecule has 0 aliphatic heterocycles. The van der Waals surface area contributed by atoms with Crippen molar-refractivity contribution >= 4 is 34.1 Å². The largest absolute Gasteiger partial charge is 0.338 e. The number of aromatic amines is 1. The Morgan fingerprint density at radius 3 is 2.76 bits per heavy atom. The topological polar surface area (TPSA) is 134 Å². The van der Waals surface area contributed by atoms with Crippen LogP contribution in [-0.4, -0.2) is 49.7 Å². The molecule has 0 saturated carbocycles. The van der Waals surface area contributed by atoms with Gasteiger partial charge in [-0.15, -0.1) is 0 Å². The van der Waals surface area contributed by atoms with Crippen LogP contribution in [0.4, 0.5) is 5.69 Å². The molecule has 0 radical (unpaired) electrons. The molecule has 4 rings (SSSR count). The van der Waals surface area contributed by atoms with Gasteiger partial charge in [-0.05, 0) is 49.1 Å². The van der Waals surface area contributed by atoms with Crippen molar-refractivity contribution in [1.82, 2.24) is 25.2 Å². The zero-order valence-corrected chi connectivity index (χ0v) is 18.7. The Hall–Kier alpha value is -4.34. The molecule has 0 bridgehead atoms. The minimum Gasteiger partial charge on any atom is -0.338 e. The van der Waals surface area contributed by atoms with E-state index in [9.17, 15) is 19.7 Å². The Morgan fingerprint density at radius 2 is 2.09 bits per heavy atom. The van der Waals surface area contributed by atoms with E-state index in [0.29, 0.717) is 41.8 Å². The molecule has 1 aliphatic carbocycles. The van der Waals surface area contributed by atoms with E-state index in [1.165, 1.54) is 23.2 Å². The Kier molecular flexibility index (Phi) is 6.77. The van der Waals surface area contributed by atoms with E-state index in [1.807, 2.05) is 19.1 Å². The van der Waals surface area contributed by atoms with Gasteiger partial charge < -0.3 is 15.2 Å². The van der Waals surface area contributed by atoms with Gasteiger partial charge in [0.2, 0.25) is 5.91 Å². The van der Waals surface area contributed by atoms with Crippen molar-refractivity contribution in [2.24, 2.45) is 0 Å². The number of nitrogens with one attached hydrogen (secondary N) is 2. The second kappa shape index (κ2) is 10.1. The summed E-state index contributed by atoms with van der Waals surface area (Å²) in [6, 6.07) is 7.88. The summed E-state index contributed by atoms with van der Waals surface area (Å²) in [6.07, 6.45) is 8.75. The van der Waals surface area contributed by atoms with Crippen LogP contribution in [0.1, 0.15) is 42.4 Å². The van der Waals surface area contributed by atoms with Crippen molar-refractivity contribution in [3.05, 3.63) is 82.1 Å². The first-order valence-corrected chi connectivity index (χ1v) is 11.0. The van der Waals surface area contributed by atoms with E-state index in [4.69, 9.17) is 0 Å². The molecule has 3 aromatic rings. The van der Waals surface area contributed by atoms with Gasteiger partial charge in [-0.25, -0.2) is 4.98 Å². The van der Waals surface area contributed by atoms with Crippen molar-refractivity contribution in [3.63, 3.8) is 0 Å². The maximum absolute atomic E-state index is 12.7. The molecule has 34 heavy (non-hydrogen) atoms. The van der Waals surface area contributed by atoms with Crippen LogP contribution in [0.5, 0.6) is 0 Å². The fourth-order valence-electron chi connectivity index (χ4n) is 3.79. The minimum absolute atomic E-state index is 0.00402. The highest BCUT2D eigenvalue weighted by atomic mass is 16.6. The van der Waals surface area contributed by atoms with Gasteiger partial charge in [-0.1, -0.05) is 13.0 Å². The molecule has 1 aliphatic rings. The van der Waals surface area contributed by atoms with Gasteiger partial charge in [-0.2, -0.15) is 0 Å². The van der Waals surface area contributed by atoms with Crippen molar-refractivity contribution in [2.75, 3.05) is 13.1 Å². The third kappa shape index (κ3) is 5.17. The predicted molar refractivity (Wildman–Crippen MR) is 127 cm³/mol. The SMILES string of the molecule is CCCN(CC(=O)NC1=CC=C(c2nc3ccc([N+](=O)[O-])cc3[nH]2)CC1)C(=O)c1cccnc1. The maximum Gasteiger partial charge on any atom is 0.271 e. The molecule has 2 N–H and O–H groups in total. The van der Waals surface area contributed by atoms with Gasteiger partial charge in [0, 0.05) is 36.8 Å². The zero-order chi connectivity index (χ0) is 24.1. The van der Waals surface area contributed by atoms with Gasteiger partial charge in [0.25, 0.3) is 11.6 Å². The van der Waals surface area contributed by atoms with Gasteiger partial charge in [-0.3, -0.25) is 24.7 Å². The van der Waals surface area contributed by atoms with Gasteiger partial charge in [0.05, 0.1) is 21.5 Å². The smallest absolute Gasteiger partial charge is 0.271 e. The fourth-order valence-corrected chi connectivity index (χ4v) is 3.79. The highest BCUT2D eigenvalue weighted by Crippen LogP contribution is 2.27. The summed E-state index contributed by atoms with van der Waals surface area (Å²) in [5.41, 5.74) is 3.40. The third-order valence-corrected chi connectivity index (χ3v) is 5.45. The number of nitrogens with zero attached hydrogens (tertiary/aromatic N) is 4. The first-order chi connectivity index (χ1) is 16.4. The highest BCUT2D eigenvalue weighted by Gasteiger charge is 2.20. The van der Waals surface area contributed by atoms with Crippen LogP contribution in [0.15, 0.2) is 60.6 Å². The predicted octanol–water partition coefficient (Wildman–Crippen LogP) is 3.60. The number of non-ortho nitro benzene ring substituents is 1. The molecule has 10 nitrogen and oxygen atoms in total. The van der Waals surface area contributed by atoms with Crippen LogP contribution in [-0.2, 0) is 4.79 Å². The van der Waals surface area contributed by atoms with E-state index >= 15 is 0 Å². The summed E-state index contributed by atoms with van der Waals surface area (Å²) in [4.78, 5) is 49.1. The first kappa shape index (κ1) is 22.8. The van der Waals surface area contributed by atoms with Gasteiger partial charge >= 0.3 is 0 Å².